The van der Waals surface area contributed by atoms with Gasteiger partial charge in [0.2, 0.25) is 11.8 Å². The quantitative estimate of drug-likeness (QED) is 0.559. The van der Waals surface area contributed by atoms with Crippen molar-refractivity contribution >= 4 is 5.95 Å². The van der Waals surface area contributed by atoms with Crippen molar-refractivity contribution in [2.75, 3.05) is 12.0 Å². The van der Waals surface area contributed by atoms with Crippen LogP contribution in [0.4, 0.5) is 10.3 Å². The van der Waals surface area contributed by atoms with Crippen LogP contribution in [0, 0.1) is 11.7 Å². The Hall–Kier alpha value is -1.43. The Labute approximate surface area is 81.5 Å². The number of hydrogen-bond acceptors (Lipinski definition) is 5. The highest BCUT2D eigenvalue weighted by Crippen LogP contribution is 2.14. The van der Waals surface area contributed by atoms with Crippen LogP contribution in [-0.4, -0.2) is 16.6 Å². The third-order valence-corrected chi connectivity index (χ3v) is 1.39. The Morgan fingerprint density at radius 2 is 2.36 bits per heavy atom. The summed E-state index contributed by atoms with van der Waals surface area (Å²) < 4.78 is 18.2. The molecule has 0 aliphatic heterocycles. The van der Waals surface area contributed by atoms with Crippen LogP contribution in [0.1, 0.15) is 13.8 Å². The number of nitrogens with one attached hydrogen (secondary N) is 1. The van der Waals surface area contributed by atoms with Gasteiger partial charge in [-0.3, -0.25) is 5.43 Å². The predicted molar refractivity (Wildman–Crippen MR) is 50.1 cm³/mol. The molecule has 78 valence electrons. The second-order valence-corrected chi connectivity index (χ2v) is 3.20. The summed E-state index contributed by atoms with van der Waals surface area (Å²) in [5.74, 6) is 4.83. The van der Waals surface area contributed by atoms with Crippen molar-refractivity contribution in [1.29, 1.82) is 0 Å². The first-order chi connectivity index (χ1) is 6.63. The lowest BCUT2D eigenvalue weighted by Gasteiger charge is -2.08. The van der Waals surface area contributed by atoms with Gasteiger partial charge < -0.3 is 4.74 Å². The summed E-state index contributed by atoms with van der Waals surface area (Å²) in [7, 11) is 0. The molecule has 0 saturated heterocycles. The maximum absolute atomic E-state index is 13.0. The van der Waals surface area contributed by atoms with Gasteiger partial charge in [-0.05, 0) is 5.92 Å². The van der Waals surface area contributed by atoms with Crippen LogP contribution < -0.4 is 16.0 Å². The fourth-order valence-electron chi connectivity index (χ4n) is 0.768. The highest BCUT2D eigenvalue weighted by molar-refractivity contribution is 5.26. The van der Waals surface area contributed by atoms with Gasteiger partial charge in [-0.2, -0.15) is 9.37 Å². The molecule has 3 N–H and O–H groups in total. The van der Waals surface area contributed by atoms with E-state index in [4.69, 9.17) is 10.6 Å². The van der Waals surface area contributed by atoms with Crippen LogP contribution in [0.3, 0.4) is 0 Å². The molecule has 1 rings (SSSR count). The van der Waals surface area contributed by atoms with Crippen molar-refractivity contribution in [3.8, 4) is 5.88 Å². The van der Waals surface area contributed by atoms with Crippen LogP contribution >= 0.6 is 0 Å². The predicted octanol–water partition coefficient (Wildman–Crippen LogP) is 0.936. The van der Waals surface area contributed by atoms with Gasteiger partial charge >= 0.3 is 0 Å². The Morgan fingerprint density at radius 1 is 1.64 bits per heavy atom. The second kappa shape index (κ2) is 4.71. The van der Waals surface area contributed by atoms with E-state index in [-0.39, 0.29) is 11.8 Å². The highest BCUT2D eigenvalue weighted by Gasteiger charge is 2.08. The van der Waals surface area contributed by atoms with Gasteiger partial charge in [0.15, 0.2) is 0 Å². The molecule has 1 aromatic rings. The SMILES string of the molecule is CC(C)COc1nc(NN)ncc1F. The first kappa shape index (κ1) is 10.6. The van der Waals surface area contributed by atoms with Crippen molar-refractivity contribution in [2.45, 2.75) is 13.8 Å². The van der Waals surface area contributed by atoms with E-state index in [2.05, 4.69) is 15.4 Å². The molecule has 0 aliphatic rings. The first-order valence-corrected chi connectivity index (χ1v) is 4.25. The van der Waals surface area contributed by atoms with Gasteiger partial charge in [-0.1, -0.05) is 13.8 Å². The Balaban J connectivity index is 2.73. The van der Waals surface area contributed by atoms with Crippen molar-refractivity contribution in [2.24, 2.45) is 11.8 Å². The van der Waals surface area contributed by atoms with Crippen LogP contribution in [0.15, 0.2) is 6.20 Å². The maximum atomic E-state index is 13.0. The Kier molecular flexibility index (Phi) is 3.58. The molecule has 1 heterocycles. The van der Waals surface area contributed by atoms with Crippen LogP contribution in [-0.2, 0) is 0 Å². The molecular formula is C8H13FN4O. The number of aromatic nitrogens is 2. The molecule has 0 unspecified atom stereocenters. The molecule has 0 saturated carbocycles. The summed E-state index contributed by atoms with van der Waals surface area (Å²) in [5.41, 5.74) is 2.21. The first-order valence-electron chi connectivity index (χ1n) is 4.25. The van der Waals surface area contributed by atoms with E-state index in [1.165, 1.54) is 0 Å². The van der Waals surface area contributed by atoms with Gasteiger partial charge in [-0.25, -0.2) is 10.8 Å². The second-order valence-electron chi connectivity index (χ2n) is 3.20. The lowest BCUT2D eigenvalue weighted by molar-refractivity contribution is 0.248. The summed E-state index contributed by atoms with van der Waals surface area (Å²) in [4.78, 5) is 7.30. The zero-order valence-corrected chi connectivity index (χ0v) is 8.12. The summed E-state index contributed by atoms with van der Waals surface area (Å²) in [6.07, 6.45) is 1.01. The van der Waals surface area contributed by atoms with Crippen LogP contribution in [0.2, 0.25) is 0 Å². The van der Waals surface area contributed by atoms with E-state index in [1.54, 1.807) is 0 Å². The summed E-state index contributed by atoms with van der Waals surface area (Å²) in [6.45, 7) is 4.32. The smallest absolute Gasteiger partial charge is 0.255 e. The average molecular weight is 200 g/mol. The lowest BCUT2D eigenvalue weighted by Crippen LogP contribution is -2.13. The molecule has 14 heavy (non-hydrogen) atoms. The lowest BCUT2D eigenvalue weighted by atomic mass is 10.2. The van der Waals surface area contributed by atoms with Crippen molar-refractivity contribution < 1.29 is 9.13 Å². The molecule has 5 nitrogen and oxygen atoms in total. The fourth-order valence-corrected chi connectivity index (χ4v) is 0.768. The van der Waals surface area contributed by atoms with Gasteiger partial charge in [0.25, 0.3) is 5.88 Å². The number of halogens is 1. The average Bonchev–Trinajstić information content (AvgIpc) is 2.16. The molecule has 0 bridgehead atoms. The van der Waals surface area contributed by atoms with E-state index in [1.807, 2.05) is 13.8 Å². The largest absolute Gasteiger partial charge is 0.475 e. The summed E-state index contributed by atoms with van der Waals surface area (Å²) in [5, 5.41) is 0. The van der Waals surface area contributed by atoms with Crippen molar-refractivity contribution in [3.63, 3.8) is 0 Å². The van der Waals surface area contributed by atoms with Crippen LogP contribution in [0.25, 0.3) is 0 Å². The summed E-state index contributed by atoms with van der Waals surface area (Å²) in [6, 6.07) is 0. The third kappa shape index (κ3) is 2.81. The summed E-state index contributed by atoms with van der Waals surface area (Å²) >= 11 is 0. The number of hydrazine groups is 1. The van der Waals surface area contributed by atoms with E-state index in [0.717, 1.165) is 6.20 Å². The van der Waals surface area contributed by atoms with Gasteiger partial charge in [0.1, 0.15) is 0 Å². The number of nitrogen functional groups attached to an aromatic ring is 1. The van der Waals surface area contributed by atoms with Gasteiger partial charge in [-0.15, -0.1) is 0 Å². The standard InChI is InChI=1S/C8H13FN4O/c1-5(2)4-14-7-6(9)3-11-8(12-7)13-10/h3,5H,4,10H2,1-2H3,(H,11,12,13). The number of anilines is 1. The zero-order valence-electron chi connectivity index (χ0n) is 8.12. The molecule has 0 fully saturated rings. The number of rotatable bonds is 4. The highest BCUT2D eigenvalue weighted by atomic mass is 19.1. The fraction of sp³-hybridized carbons (Fsp3) is 0.500. The zero-order chi connectivity index (χ0) is 10.6. The number of hydrogen-bond donors (Lipinski definition) is 2. The number of nitrogens with zero attached hydrogens (tertiary/aromatic N) is 2. The van der Waals surface area contributed by atoms with E-state index in [9.17, 15) is 4.39 Å². The van der Waals surface area contributed by atoms with Gasteiger partial charge in [0.05, 0.1) is 12.8 Å². The van der Waals surface area contributed by atoms with Gasteiger partial charge in [0, 0.05) is 0 Å². The van der Waals surface area contributed by atoms with E-state index in [0.29, 0.717) is 12.5 Å². The molecule has 0 spiro atoms. The number of ether oxygens (including phenoxy) is 1. The normalized spacial score (nSPS) is 10.4. The minimum atomic E-state index is -0.593. The molecule has 0 aromatic carbocycles. The monoisotopic (exact) mass is 200 g/mol. The van der Waals surface area contributed by atoms with E-state index < -0.39 is 5.82 Å². The minimum Gasteiger partial charge on any atom is -0.475 e. The Bertz CT molecular complexity index is 305. The molecule has 6 heteroatoms. The third-order valence-electron chi connectivity index (χ3n) is 1.39. The number of nitrogens with two attached hydrogens (primary N) is 1. The molecule has 1 aromatic heterocycles. The molecule has 0 amide bonds. The molecule has 0 radical (unpaired) electrons. The van der Waals surface area contributed by atoms with Crippen molar-refractivity contribution in [1.82, 2.24) is 9.97 Å². The van der Waals surface area contributed by atoms with Crippen molar-refractivity contribution in [3.05, 3.63) is 12.0 Å². The maximum Gasteiger partial charge on any atom is 0.255 e. The van der Waals surface area contributed by atoms with Crippen LogP contribution in [0.5, 0.6) is 5.88 Å². The molecule has 0 aliphatic carbocycles. The molecular weight excluding hydrogens is 187 g/mol. The van der Waals surface area contributed by atoms with E-state index >= 15 is 0 Å². The topological polar surface area (TPSA) is 73.1 Å². The minimum absolute atomic E-state index is 0.0818. The molecule has 0 atom stereocenters. The Morgan fingerprint density at radius 3 is 2.93 bits per heavy atom.